The Morgan fingerprint density at radius 2 is 2.29 bits per heavy atom. The average molecular weight is 286 g/mol. The molecule has 0 saturated carbocycles. The van der Waals surface area contributed by atoms with Crippen molar-refractivity contribution in [2.75, 3.05) is 38.3 Å². The lowest BCUT2D eigenvalue weighted by Crippen LogP contribution is -2.39. The number of aromatic nitrogens is 2. The molecule has 1 fully saturated rings. The van der Waals surface area contributed by atoms with Gasteiger partial charge in [0.25, 0.3) is 0 Å². The zero-order chi connectivity index (χ0) is 14.5. The summed E-state index contributed by atoms with van der Waals surface area (Å²) >= 11 is 0. The minimum absolute atomic E-state index is 0.488. The molecule has 112 valence electrons. The van der Waals surface area contributed by atoms with Gasteiger partial charge < -0.3 is 15.0 Å². The van der Waals surface area contributed by atoms with Crippen LogP contribution in [0.15, 0.2) is 30.5 Å². The van der Waals surface area contributed by atoms with Crippen molar-refractivity contribution in [1.29, 1.82) is 0 Å². The monoisotopic (exact) mass is 286 g/mol. The largest absolute Gasteiger partial charge is 0.383 e. The Morgan fingerprint density at radius 3 is 3.19 bits per heavy atom. The molecule has 21 heavy (non-hydrogen) atoms. The van der Waals surface area contributed by atoms with Crippen LogP contribution >= 0.6 is 0 Å². The van der Waals surface area contributed by atoms with Gasteiger partial charge in [-0.1, -0.05) is 24.3 Å². The van der Waals surface area contributed by atoms with Crippen molar-refractivity contribution < 1.29 is 4.74 Å². The lowest BCUT2D eigenvalue weighted by atomic mass is 10.1. The lowest BCUT2D eigenvalue weighted by molar-refractivity contribution is 0.199. The molecule has 1 atom stereocenters. The van der Waals surface area contributed by atoms with Crippen LogP contribution in [0.25, 0.3) is 10.8 Å². The predicted octanol–water partition coefficient (Wildman–Crippen LogP) is 1.83. The Hall–Kier alpha value is -1.72. The van der Waals surface area contributed by atoms with Gasteiger partial charge in [0, 0.05) is 43.6 Å². The molecule has 2 aromatic rings. The molecular formula is C16H22N4O. The summed E-state index contributed by atoms with van der Waals surface area (Å²) < 4.78 is 5.08. The molecule has 2 heterocycles. The van der Waals surface area contributed by atoms with Crippen LogP contribution in [0, 0.1) is 0 Å². The highest BCUT2D eigenvalue weighted by atomic mass is 16.5. The first-order chi connectivity index (χ1) is 10.4. The number of ether oxygens (including phenoxy) is 1. The van der Waals surface area contributed by atoms with Crippen LogP contribution in [0.4, 0.5) is 5.82 Å². The standard InChI is InChI=1S/C16H22N4O/c1-21-10-8-17-12-14-6-4-9-20(14)16-15-7-3-2-5-13(15)11-18-19-16/h2-3,5,7,11,14,17H,4,6,8-10,12H2,1H3. The minimum atomic E-state index is 0.488. The number of hydrogen-bond donors (Lipinski definition) is 1. The van der Waals surface area contributed by atoms with E-state index in [0.29, 0.717) is 6.04 Å². The fraction of sp³-hybridized carbons (Fsp3) is 0.500. The molecule has 1 N–H and O–H groups in total. The highest BCUT2D eigenvalue weighted by molar-refractivity contribution is 5.91. The van der Waals surface area contributed by atoms with E-state index >= 15 is 0 Å². The molecule has 5 heteroatoms. The maximum atomic E-state index is 5.08. The van der Waals surface area contributed by atoms with Crippen molar-refractivity contribution in [3.8, 4) is 0 Å². The van der Waals surface area contributed by atoms with Crippen molar-refractivity contribution in [3.05, 3.63) is 30.5 Å². The van der Waals surface area contributed by atoms with Crippen LogP contribution in [-0.2, 0) is 4.74 Å². The smallest absolute Gasteiger partial charge is 0.159 e. The van der Waals surface area contributed by atoms with Gasteiger partial charge in [-0.2, -0.15) is 5.10 Å². The topological polar surface area (TPSA) is 50.3 Å². The number of benzene rings is 1. The van der Waals surface area contributed by atoms with Crippen molar-refractivity contribution in [2.24, 2.45) is 0 Å². The summed E-state index contributed by atoms with van der Waals surface area (Å²) in [5.74, 6) is 1.02. The summed E-state index contributed by atoms with van der Waals surface area (Å²) in [6.07, 6.45) is 4.24. The number of methoxy groups -OCH3 is 1. The molecule has 0 aliphatic carbocycles. The summed E-state index contributed by atoms with van der Waals surface area (Å²) in [5, 5.41) is 14.4. The maximum absolute atomic E-state index is 5.08. The van der Waals surface area contributed by atoms with Crippen molar-refractivity contribution in [3.63, 3.8) is 0 Å². The van der Waals surface area contributed by atoms with Gasteiger partial charge in [-0.15, -0.1) is 5.10 Å². The lowest BCUT2D eigenvalue weighted by Gasteiger charge is -2.26. The summed E-state index contributed by atoms with van der Waals surface area (Å²) in [5.41, 5.74) is 0. The van der Waals surface area contributed by atoms with Gasteiger partial charge in [0.2, 0.25) is 0 Å². The van der Waals surface area contributed by atoms with Crippen molar-refractivity contribution in [2.45, 2.75) is 18.9 Å². The van der Waals surface area contributed by atoms with E-state index in [1.165, 1.54) is 18.2 Å². The van der Waals surface area contributed by atoms with E-state index in [4.69, 9.17) is 4.74 Å². The van der Waals surface area contributed by atoms with Crippen LogP contribution in [-0.4, -0.2) is 49.6 Å². The Morgan fingerprint density at radius 1 is 1.38 bits per heavy atom. The first kappa shape index (κ1) is 14.2. The molecule has 1 aromatic heterocycles. The number of anilines is 1. The number of nitrogens with one attached hydrogen (secondary N) is 1. The van der Waals surface area contributed by atoms with E-state index < -0.39 is 0 Å². The molecule has 3 rings (SSSR count). The van der Waals surface area contributed by atoms with E-state index in [2.05, 4.69) is 38.6 Å². The van der Waals surface area contributed by atoms with E-state index in [0.717, 1.165) is 37.4 Å². The number of rotatable bonds is 6. The van der Waals surface area contributed by atoms with Crippen LogP contribution in [0.2, 0.25) is 0 Å². The minimum Gasteiger partial charge on any atom is -0.383 e. The molecule has 1 unspecified atom stereocenters. The number of nitrogens with zero attached hydrogens (tertiary/aromatic N) is 3. The van der Waals surface area contributed by atoms with E-state index in [1.54, 1.807) is 7.11 Å². The predicted molar refractivity (Wildman–Crippen MR) is 84.7 cm³/mol. The van der Waals surface area contributed by atoms with E-state index in [-0.39, 0.29) is 0 Å². The van der Waals surface area contributed by atoms with Gasteiger partial charge in [0.15, 0.2) is 5.82 Å². The first-order valence-electron chi connectivity index (χ1n) is 7.57. The highest BCUT2D eigenvalue weighted by Gasteiger charge is 2.26. The fourth-order valence-electron chi connectivity index (χ4n) is 2.99. The van der Waals surface area contributed by atoms with Crippen LogP contribution in [0.1, 0.15) is 12.8 Å². The Kier molecular flexibility index (Phi) is 4.62. The van der Waals surface area contributed by atoms with Gasteiger partial charge in [-0.25, -0.2) is 0 Å². The van der Waals surface area contributed by atoms with Gasteiger partial charge in [-0.3, -0.25) is 0 Å². The Balaban J connectivity index is 1.77. The van der Waals surface area contributed by atoms with Crippen molar-refractivity contribution >= 4 is 16.6 Å². The average Bonchev–Trinajstić information content (AvgIpc) is 2.99. The quantitative estimate of drug-likeness (QED) is 0.821. The fourth-order valence-corrected chi connectivity index (χ4v) is 2.99. The molecule has 0 amide bonds. The third-order valence-electron chi connectivity index (χ3n) is 4.06. The van der Waals surface area contributed by atoms with Gasteiger partial charge >= 0.3 is 0 Å². The Labute approximate surface area is 125 Å². The highest BCUT2D eigenvalue weighted by Crippen LogP contribution is 2.29. The third-order valence-corrected chi connectivity index (χ3v) is 4.06. The molecule has 1 aromatic carbocycles. The molecular weight excluding hydrogens is 264 g/mol. The van der Waals surface area contributed by atoms with Gasteiger partial charge in [-0.05, 0) is 12.8 Å². The zero-order valence-corrected chi connectivity index (χ0v) is 12.5. The maximum Gasteiger partial charge on any atom is 0.159 e. The van der Waals surface area contributed by atoms with E-state index in [9.17, 15) is 0 Å². The SMILES string of the molecule is COCCNCC1CCCN1c1nncc2ccccc12. The number of fused-ring (bicyclic) bond motifs is 1. The molecule has 0 spiro atoms. The van der Waals surface area contributed by atoms with Crippen LogP contribution in [0.3, 0.4) is 0 Å². The third kappa shape index (κ3) is 3.14. The molecule has 1 saturated heterocycles. The zero-order valence-electron chi connectivity index (χ0n) is 12.5. The van der Waals surface area contributed by atoms with Crippen molar-refractivity contribution in [1.82, 2.24) is 15.5 Å². The molecule has 1 aliphatic rings. The van der Waals surface area contributed by atoms with Gasteiger partial charge in [0.1, 0.15) is 0 Å². The second-order valence-electron chi connectivity index (χ2n) is 5.44. The van der Waals surface area contributed by atoms with Gasteiger partial charge in [0.05, 0.1) is 12.8 Å². The normalized spacial score (nSPS) is 18.5. The summed E-state index contributed by atoms with van der Waals surface area (Å²) in [6, 6.07) is 8.82. The molecule has 5 nitrogen and oxygen atoms in total. The second kappa shape index (κ2) is 6.83. The summed E-state index contributed by atoms with van der Waals surface area (Å²) in [7, 11) is 1.73. The van der Waals surface area contributed by atoms with Crippen LogP contribution < -0.4 is 10.2 Å². The number of hydrogen-bond acceptors (Lipinski definition) is 5. The van der Waals surface area contributed by atoms with Crippen LogP contribution in [0.5, 0.6) is 0 Å². The van der Waals surface area contributed by atoms with E-state index in [1.807, 2.05) is 12.3 Å². The first-order valence-corrected chi connectivity index (χ1v) is 7.57. The second-order valence-corrected chi connectivity index (χ2v) is 5.44. The molecule has 0 radical (unpaired) electrons. The molecule has 0 bridgehead atoms. The summed E-state index contributed by atoms with van der Waals surface area (Å²) in [6.45, 7) is 3.66. The molecule has 1 aliphatic heterocycles. The summed E-state index contributed by atoms with van der Waals surface area (Å²) in [4.78, 5) is 2.40. The Bertz CT molecular complexity index is 584.